The Morgan fingerprint density at radius 2 is 2.22 bits per heavy atom. The molecule has 1 aliphatic rings. The number of aromatic nitrogens is 1. The van der Waals surface area contributed by atoms with Crippen molar-refractivity contribution in [1.82, 2.24) is 9.88 Å². The monoisotopic (exact) mass is 286 g/mol. The van der Waals surface area contributed by atoms with Gasteiger partial charge in [0, 0.05) is 24.4 Å². The van der Waals surface area contributed by atoms with E-state index in [9.17, 15) is 0 Å². The molecule has 1 fully saturated rings. The normalized spacial score (nSPS) is 15.8. The predicted octanol–water partition coefficient (Wildman–Crippen LogP) is 3.93. The van der Waals surface area contributed by atoms with Crippen LogP contribution in [0.25, 0.3) is 0 Å². The smallest absolute Gasteiger partial charge is 0.0941 e. The van der Waals surface area contributed by atoms with E-state index in [4.69, 9.17) is 11.6 Å². The number of thiazole rings is 1. The molecule has 0 aliphatic heterocycles. The molecular formula is C14H23ClN2S. The molecule has 0 N–H and O–H groups in total. The second-order valence-electron chi connectivity index (χ2n) is 5.57. The highest BCUT2D eigenvalue weighted by molar-refractivity contribution is 7.09. The van der Waals surface area contributed by atoms with Crippen LogP contribution < -0.4 is 0 Å². The molecule has 1 aromatic heterocycles. The predicted molar refractivity (Wildman–Crippen MR) is 79.4 cm³/mol. The molecule has 102 valence electrons. The quantitative estimate of drug-likeness (QED) is 0.673. The third-order valence-corrected chi connectivity index (χ3v) is 4.64. The van der Waals surface area contributed by atoms with E-state index in [0.717, 1.165) is 30.6 Å². The van der Waals surface area contributed by atoms with Crippen molar-refractivity contribution in [2.75, 3.05) is 13.1 Å². The van der Waals surface area contributed by atoms with Gasteiger partial charge in [0.1, 0.15) is 0 Å². The molecular weight excluding hydrogens is 264 g/mol. The van der Waals surface area contributed by atoms with Crippen LogP contribution in [0.2, 0.25) is 0 Å². The zero-order chi connectivity index (χ0) is 13.0. The highest BCUT2D eigenvalue weighted by Crippen LogP contribution is 2.27. The lowest BCUT2D eigenvalue weighted by atomic mass is 10.1. The van der Waals surface area contributed by atoms with Gasteiger partial charge in [-0.15, -0.1) is 22.9 Å². The lowest BCUT2D eigenvalue weighted by Crippen LogP contribution is -2.30. The van der Waals surface area contributed by atoms with Crippen molar-refractivity contribution in [1.29, 1.82) is 0 Å². The average Bonchev–Trinajstić information content (AvgIpc) is 3.07. The molecule has 18 heavy (non-hydrogen) atoms. The van der Waals surface area contributed by atoms with E-state index < -0.39 is 0 Å². The zero-order valence-corrected chi connectivity index (χ0v) is 12.9. The SMILES string of the molecule is CC(C)CCN(CCc1nc(CCl)cs1)C1CC1. The maximum absolute atomic E-state index is 5.78. The fourth-order valence-corrected chi connectivity index (χ4v) is 3.12. The minimum atomic E-state index is 0.538. The third kappa shape index (κ3) is 4.52. The number of halogens is 1. The summed E-state index contributed by atoms with van der Waals surface area (Å²) in [6.45, 7) is 7.01. The first-order chi connectivity index (χ1) is 8.69. The van der Waals surface area contributed by atoms with Crippen molar-refractivity contribution in [3.05, 3.63) is 16.1 Å². The van der Waals surface area contributed by atoms with E-state index >= 15 is 0 Å². The van der Waals surface area contributed by atoms with Gasteiger partial charge in [0.25, 0.3) is 0 Å². The summed E-state index contributed by atoms with van der Waals surface area (Å²) in [6, 6.07) is 0.858. The minimum Gasteiger partial charge on any atom is -0.300 e. The number of hydrogen-bond donors (Lipinski definition) is 0. The van der Waals surface area contributed by atoms with Crippen LogP contribution in [0.5, 0.6) is 0 Å². The summed E-state index contributed by atoms with van der Waals surface area (Å²) in [6.07, 6.45) is 5.17. The first kappa shape index (κ1) is 14.3. The van der Waals surface area contributed by atoms with Gasteiger partial charge in [-0.1, -0.05) is 13.8 Å². The Morgan fingerprint density at radius 1 is 1.44 bits per heavy atom. The van der Waals surface area contributed by atoms with E-state index in [-0.39, 0.29) is 0 Å². The summed E-state index contributed by atoms with van der Waals surface area (Å²) in [5.74, 6) is 1.34. The first-order valence-electron chi connectivity index (χ1n) is 6.92. The second-order valence-corrected chi connectivity index (χ2v) is 6.78. The Labute approximate surface area is 119 Å². The molecule has 1 heterocycles. The van der Waals surface area contributed by atoms with E-state index in [2.05, 4.69) is 29.1 Å². The highest BCUT2D eigenvalue weighted by atomic mass is 35.5. The third-order valence-electron chi connectivity index (χ3n) is 3.41. The molecule has 0 amide bonds. The summed E-state index contributed by atoms with van der Waals surface area (Å²) >= 11 is 7.53. The van der Waals surface area contributed by atoms with Gasteiger partial charge in [0.2, 0.25) is 0 Å². The van der Waals surface area contributed by atoms with Crippen molar-refractivity contribution in [3.8, 4) is 0 Å². The van der Waals surface area contributed by atoms with E-state index in [1.807, 2.05) is 0 Å². The van der Waals surface area contributed by atoms with Gasteiger partial charge in [-0.2, -0.15) is 0 Å². The Morgan fingerprint density at radius 3 is 2.78 bits per heavy atom. The van der Waals surface area contributed by atoms with Crippen LogP contribution in [-0.4, -0.2) is 29.0 Å². The van der Waals surface area contributed by atoms with Crippen LogP contribution in [0.1, 0.15) is 43.8 Å². The standard InChI is InChI=1S/C14H23ClN2S/c1-11(2)5-7-17(13-3-4-13)8-6-14-16-12(9-15)10-18-14/h10-11,13H,3-9H2,1-2H3. The summed E-state index contributed by atoms with van der Waals surface area (Å²) in [4.78, 5) is 7.19. The maximum Gasteiger partial charge on any atom is 0.0941 e. The Hall–Kier alpha value is -0.120. The minimum absolute atomic E-state index is 0.538. The van der Waals surface area contributed by atoms with Crippen LogP contribution in [0, 0.1) is 5.92 Å². The van der Waals surface area contributed by atoms with Crippen molar-refractivity contribution in [2.24, 2.45) is 5.92 Å². The summed E-state index contributed by atoms with van der Waals surface area (Å²) in [5, 5.41) is 3.32. The summed E-state index contributed by atoms with van der Waals surface area (Å²) in [5.41, 5.74) is 1.02. The molecule has 0 saturated heterocycles. The van der Waals surface area contributed by atoms with Crippen LogP contribution in [0.15, 0.2) is 5.38 Å². The van der Waals surface area contributed by atoms with Crippen LogP contribution in [0.4, 0.5) is 0 Å². The average molecular weight is 287 g/mol. The number of rotatable bonds is 8. The molecule has 2 nitrogen and oxygen atoms in total. The molecule has 0 bridgehead atoms. The fourth-order valence-electron chi connectivity index (χ4n) is 2.11. The second kappa shape index (κ2) is 6.88. The van der Waals surface area contributed by atoms with Gasteiger partial charge >= 0.3 is 0 Å². The van der Waals surface area contributed by atoms with Gasteiger partial charge < -0.3 is 0 Å². The van der Waals surface area contributed by atoms with E-state index in [1.165, 1.54) is 30.8 Å². The van der Waals surface area contributed by atoms with Crippen LogP contribution in [0.3, 0.4) is 0 Å². The molecule has 0 atom stereocenters. The van der Waals surface area contributed by atoms with Gasteiger partial charge in [-0.25, -0.2) is 4.98 Å². The Balaban J connectivity index is 1.78. The molecule has 0 spiro atoms. The zero-order valence-electron chi connectivity index (χ0n) is 11.4. The summed E-state index contributed by atoms with van der Waals surface area (Å²) in [7, 11) is 0. The van der Waals surface area contributed by atoms with Crippen molar-refractivity contribution in [2.45, 2.75) is 51.5 Å². The summed E-state index contributed by atoms with van der Waals surface area (Å²) < 4.78 is 0. The molecule has 0 radical (unpaired) electrons. The van der Waals surface area contributed by atoms with Crippen LogP contribution >= 0.6 is 22.9 Å². The van der Waals surface area contributed by atoms with E-state index in [1.54, 1.807) is 11.3 Å². The van der Waals surface area contributed by atoms with Crippen LogP contribution in [-0.2, 0) is 12.3 Å². The van der Waals surface area contributed by atoms with E-state index in [0.29, 0.717) is 5.88 Å². The molecule has 4 heteroatoms. The Bertz CT molecular complexity index is 360. The number of nitrogens with zero attached hydrogens (tertiary/aromatic N) is 2. The van der Waals surface area contributed by atoms with Crippen molar-refractivity contribution in [3.63, 3.8) is 0 Å². The highest BCUT2D eigenvalue weighted by Gasteiger charge is 2.28. The largest absolute Gasteiger partial charge is 0.300 e. The van der Waals surface area contributed by atoms with Crippen molar-refractivity contribution >= 4 is 22.9 Å². The molecule has 1 aromatic rings. The fraction of sp³-hybridized carbons (Fsp3) is 0.786. The molecule has 0 unspecified atom stereocenters. The Kier molecular flexibility index (Phi) is 5.46. The topological polar surface area (TPSA) is 16.1 Å². The van der Waals surface area contributed by atoms with Gasteiger partial charge in [0.05, 0.1) is 16.6 Å². The number of hydrogen-bond acceptors (Lipinski definition) is 3. The molecule has 2 rings (SSSR count). The first-order valence-corrected chi connectivity index (χ1v) is 8.33. The van der Waals surface area contributed by atoms with Gasteiger partial charge in [0.15, 0.2) is 0 Å². The lowest BCUT2D eigenvalue weighted by Gasteiger charge is -2.22. The lowest BCUT2D eigenvalue weighted by molar-refractivity contribution is 0.250. The molecule has 1 aliphatic carbocycles. The number of alkyl halides is 1. The molecule has 0 aromatic carbocycles. The molecule has 1 saturated carbocycles. The van der Waals surface area contributed by atoms with Gasteiger partial charge in [-0.3, -0.25) is 4.90 Å². The van der Waals surface area contributed by atoms with Gasteiger partial charge in [-0.05, 0) is 31.7 Å². The maximum atomic E-state index is 5.78. The van der Waals surface area contributed by atoms with Crippen molar-refractivity contribution < 1.29 is 0 Å².